The van der Waals surface area contributed by atoms with Gasteiger partial charge in [0.15, 0.2) is 5.13 Å². The van der Waals surface area contributed by atoms with E-state index in [4.69, 9.17) is 4.74 Å². The molecule has 6 heteroatoms. The van der Waals surface area contributed by atoms with Gasteiger partial charge in [0.2, 0.25) is 0 Å². The van der Waals surface area contributed by atoms with Crippen molar-refractivity contribution in [3.05, 3.63) is 11.1 Å². The van der Waals surface area contributed by atoms with Gasteiger partial charge in [0.05, 0.1) is 0 Å². The molecular formula is C14H23N3O2S. The van der Waals surface area contributed by atoms with Gasteiger partial charge >= 0.3 is 6.09 Å². The van der Waals surface area contributed by atoms with Crippen molar-refractivity contribution in [1.29, 1.82) is 0 Å². The normalized spacial score (nSPS) is 17.1. The SMILES string of the molecule is CNc1ncc(C2CCN(C(=O)OC(C)(C)C)CC2)s1. The first-order valence-electron chi connectivity index (χ1n) is 7.00. The molecule has 0 bridgehead atoms. The van der Waals surface area contributed by atoms with E-state index in [1.54, 1.807) is 11.3 Å². The van der Waals surface area contributed by atoms with Gasteiger partial charge in [-0.3, -0.25) is 0 Å². The van der Waals surface area contributed by atoms with Gasteiger partial charge in [-0.1, -0.05) is 0 Å². The zero-order valence-electron chi connectivity index (χ0n) is 12.6. The molecule has 2 heterocycles. The number of piperidine rings is 1. The predicted molar refractivity (Wildman–Crippen MR) is 81.4 cm³/mol. The fraction of sp³-hybridized carbons (Fsp3) is 0.714. The summed E-state index contributed by atoms with van der Waals surface area (Å²) in [5.74, 6) is 0.508. The number of thiazole rings is 1. The first-order valence-corrected chi connectivity index (χ1v) is 7.82. The van der Waals surface area contributed by atoms with E-state index in [-0.39, 0.29) is 6.09 Å². The second-order valence-corrected chi connectivity index (χ2v) is 7.12. The predicted octanol–water partition coefficient (Wildman–Crippen LogP) is 3.30. The van der Waals surface area contributed by atoms with Gasteiger partial charge in [0.25, 0.3) is 0 Å². The Hall–Kier alpha value is -1.30. The lowest BCUT2D eigenvalue weighted by Gasteiger charge is -2.33. The number of hydrogen-bond acceptors (Lipinski definition) is 5. The number of amides is 1. The van der Waals surface area contributed by atoms with E-state index in [1.165, 1.54) is 4.88 Å². The third-order valence-electron chi connectivity index (χ3n) is 3.29. The topological polar surface area (TPSA) is 54.5 Å². The number of carbonyl (C=O) groups is 1. The molecule has 0 radical (unpaired) electrons. The monoisotopic (exact) mass is 297 g/mol. The molecule has 1 aromatic rings. The van der Waals surface area contributed by atoms with Crippen LogP contribution in [0.5, 0.6) is 0 Å². The van der Waals surface area contributed by atoms with Gasteiger partial charge in [-0.15, -0.1) is 11.3 Å². The van der Waals surface area contributed by atoms with E-state index in [0.717, 1.165) is 31.1 Å². The number of likely N-dealkylation sites (tertiary alicyclic amines) is 1. The van der Waals surface area contributed by atoms with Crippen LogP contribution in [0.25, 0.3) is 0 Å². The maximum Gasteiger partial charge on any atom is 0.410 e. The highest BCUT2D eigenvalue weighted by Crippen LogP contribution is 2.33. The molecule has 0 unspecified atom stereocenters. The number of rotatable bonds is 2. The standard InChI is InChI=1S/C14H23N3O2S/c1-14(2,3)19-13(18)17-7-5-10(6-8-17)11-9-16-12(15-4)20-11/h9-10H,5-8H2,1-4H3,(H,15,16). The van der Waals surface area contributed by atoms with E-state index >= 15 is 0 Å². The Morgan fingerprint density at radius 1 is 1.45 bits per heavy atom. The van der Waals surface area contributed by atoms with Crippen molar-refractivity contribution in [3.8, 4) is 0 Å². The minimum Gasteiger partial charge on any atom is -0.444 e. The van der Waals surface area contributed by atoms with Crippen molar-refractivity contribution in [2.24, 2.45) is 0 Å². The summed E-state index contributed by atoms with van der Waals surface area (Å²) in [5, 5.41) is 4.02. The Morgan fingerprint density at radius 2 is 2.10 bits per heavy atom. The molecule has 1 fully saturated rings. The van der Waals surface area contributed by atoms with Crippen LogP contribution in [0, 0.1) is 0 Å². The molecule has 0 aromatic carbocycles. The van der Waals surface area contributed by atoms with E-state index in [1.807, 2.05) is 38.9 Å². The number of anilines is 1. The number of carbonyl (C=O) groups excluding carboxylic acids is 1. The zero-order valence-corrected chi connectivity index (χ0v) is 13.4. The highest BCUT2D eigenvalue weighted by Gasteiger charge is 2.28. The van der Waals surface area contributed by atoms with Crippen LogP contribution < -0.4 is 5.32 Å². The Bertz CT molecular complexity index is 459. The van der Waals surface area contributed by atoms with E-state index in [9.17, 15) is 4.79 Å². The van der Waals surface area contributed by atoms with E-state index in [2.05, 4.69) is 10.3 Å². The molecule has 1 aromatic heterocycles. The molecule has 0 atom stereocenters. The van der Waals surface area contributed by atoms with Crippen LogP contribution in [0.2, 0.25) is 0 Å². The molecule has 1 aliphatic heterocycles. The van der Waals surface area contributed by atoms with Gasteiger partial charge in [0.1, 0.15) is 5.60 Å². The van der Waals surface area contributed by atoms with Crippen LogP contribution in [-0.4, -0.2) is 41.7 Å². The summed E-state index contributed by atoms with van der Waals surface area (Å²) in [6.45, 7) is 7.20. The summed E-state index contributed by atoms with van der Waals surface area (Å²) in [7, 11) is 1.88. The molecule has 20 heavy (non-hydrogen) atoms. The van der Waals surface area contributed by atoms with Crippen molar-refractivity contribution in [2.45, 2.75) is 45.1 Å². The van der Waals surface area contributed by atoms with Gasteiger partial charge in [0, 0.05) is 31.2 Å². The third-order valence-corrected chi connectivity index (χ3v) is 4.46. The Kier molecular flexibility index (Phi) is 4.52. The first kappa shape index (κ1) is 15.1. The van der Waals surface area contributed by atoms with Crippen LogP contribution in [0.3, 0.4) is 0 Å². The number of ether oxygens (including phenoxy) is 1. The number of nitrogens with one attached hydrogen (secondary N) is 1. The largest absolute Gasteiger partial charge is 0.444 e. The number of nitrogens with zero attached hydrogens (tertiary/aromatic N) is 2. The molecule has 112 valence electrons. The third kappa shape index (κ3) is 3.85. The average molecular weight is 297 g/mol. The highest BCUT2D eigenvalue weighted by atomic mass is 32.1. The summed E-state index contributed by atoms with van der Waals surface area (Å²) in [6.07, 6.45) is 3.70. The summed E-state index contributed by atoms with van der Waals surface area (Å²) >= 11 is 1.70. The first-order chi connectivity index (χ1) is 9.39. The maximum atomic E-state index is 12.0. The molecule has 1 N–H and O–H groups in total. The number of aromatic nitrogens is 1. The van der Waals surface area contributed by atoms with Gasteiger partial charge in [-0.2, -0.15) is 0 Å². The molecular weight excluding hydrogens is 274 g/mol. The van der Waals surface area contributed by atoms with Crippen LogP contribution in [0.15, 0.2) is 6.20 Å². The van der Waals surface area contributed by atoms with Crippen LogP contribution in [-0.2, 0) is 4.74 Å². The lowest BCUT2D eigenvalue weighted by molar-refractivity contribution is 0.0205. The summed E-state index contributed by atoms with van der Waals surface area (Å²) in [5.41, 5.74) is -0.423. The lowest BCUT2D eigenvalue weighted by atomic mass is 9.96. The molecule has 1 aliphatic rings. The number of hydrogen-bond donors (Lipinski definition) is 1. The highest BCUT2D eigenvalue weighted by molar-refractivity contribution is 7.15. The quantitative estimate of drug-likeness (QED) is 0.910. The summed E-state index contributed by atoms with van der Waals surface area (Å²) in [4.78, 5) is 19.4. The van der Waals surface area contributed by atoms with Crippen molar-refractivity contribution in [1.82, 2.24) is 9.88 Å². The van der Waals surface area contributed by atoms with Gasteiger partial charge < -0.3 is 15.0 Å². The van der Waals surface area contributed by atoms with Crippen LogP contribution >= 0.6 is 11.3 Å². The Morgan fingerprint density at radius 3 is 2.60 bits per heavy atom. The average Bonchev–Trinajstić information content (AvgIpc) is 2.85. The van der Waals surface area contributed by atoms with Crippen molar-refractivity contribution < 1.29 is 9.53 Å². The van der Waals surface area contributed by atoms with Gasteiger partial charge in [-0.25, -0.2) is 9.78 Å². The smallest absolute Gasteiger partial charge is 0.410 e. The minimum absolute atomic E-state index is 0.198. The minimum atomic E-state index is -0.423. The Labute approximate surface area is 124 Å². The second kappa shape index (κ2) is 5.99. The molecule has 0 aliphatic carbocycles. The molecule has 2 rings (SSSR count). The zero-order chi connectivity index (χ0) is 14.8. The maximum absolute atomic E-state index is 12.0. The van der Waals surface area contributed by atoms with Crippen LogP contribution in [0.4, 0.5) is 9.93 Å². The second-order valence-electron chi connectivity index (χ2n) is 6.06. The van der Waals surface area contributed by atoms with Gasteiger partial charge in [-0.05, 0) is 39.5 Å². The summed E-state index contributed by atoms with van der Waals surface area (Å²) < 4.78 is 5.41. The van der Waals surface area contributed by atoms with Crippen LogP contribution in [0.1, 0.15) is 44.4 Å². The molecule has 1 amide bonds. The molecule has 1 saturated heterocycles. The lowest BCUT2D eigenvalue weighted by Crippen LogP contribution is -2.41. The molecule has 0 spiro atoms. The Balaban J connectivity index is 1.87. The van der Waals surface area contributed by atoms with Crippen molar-refractivity contribution >= 4 is 22.6 Å². The molecule has 0 saturated carbocycles. The molecule has 5 nitrogen and oxygen atoms in total. The fourth-order valence-corrected chi connectivity index (χ4v) is 3.20. The fourth-order valence-electron chi connectivity index (χ4n) is 2.26. The van der Waals surface area contributed by atoms with Crippen molar-refractivity contribution in [2.75, 3.05) is 25.5 Å². The van der Waals surface area contributed by atoms with E-state index < -0.39 is 5.60 Å². The van der Waals surface area contributed by atoms with E-state index in [0.29, 0.717) is 5.92 Å². The summed E-state index contributed by atoms with van der Waals surface area (Å²) in [6, 6.07) is 0. The van der Waals surface area contributed by atoms with Crippen molar-refractivity contribution in [3.63, 3.8) is 0 Å².